The van der Waals surface area contributed by atoms with Gasteiger partial charge in [0.15, 0.2) is 0 Å². The summed E-state index contributed by atoms with van der Waals surface area (Å²) < 4.78 is 5.27. The standard InChI is InChI=1S/C14H28O4.C8H6O4.C5H12O2/c1-4-7-8-12(5-2)13(17)18-11-14(6-3,9-15)10-16;9-7(10)5-2-1-3-6(4-5)8(11)12;1-5(2,3-6)4-7/h12,15-16H,4-11H2,1-3H3;1-4H,(H,9,10)(H,11,12);6-7H,3-4H2,1-2H3. The van der Waals surface area contributed by atoms with Crippen molar-refractivity contribution < 1.29 is 49.8 Å². The molecule has 10 nitrogen and oxygen atoms in total. The molecule has 0 saturated carbocycles. The average Bonchev–Trinajstić information content (AvgIpc) is 2.91. The van der Waals surface area contributed by atoms with Crippen molar-refractivity contribution in [2.75, 3.05) is 33.0 Å². The summed E-state index contributed by atoms with van der Waals surface area (Å²) in [4.78, 5) is 32.7. The normalized spacial score (nSPS) is 11.8. The lowest BCUT2D eigenvalue weighted by Gasteiger charge is -2.28. The molecule has 10 heteroatoms. The van der Waals surface area contributed by atoms with E-state index >= 15 is 0 Å². The Balaban J connectivity index is 0. The molecule has 0 saturated heterocycles. The Hall–Kier alpha value is -2.53. The van der Waals surface area contributed by atoms with Crippen LogP contribution in [0.1, 0.15) is 87.4 Å². The predicted molar refractivity (Wildman–Crippen MR) is 139 cm³/mol. The van der Waals surface area contributed by atoms with Gasteiger partial charge in [-0.3, -0.25) is 4.79 Å². The van der Waals surface area contributed by atoms with Crippen LogP contribution in [0.2, 0.25) is 0 Å². The number of aromatic carboxylic acids is 2. The molecule has 1 rings (SSSR count). The van der Waals surface area contributed by atoms with Crippen LogP contribution < -0.4 is 0 Å². The first-order valence-electron chi connectivity index (χ1n) is 12.5. The quantitative estimate of drug-likeness (QED) is 0.195. The molecule has 1 aromatic rings. The van der Waals surface area contributed by atoms with Gasteiger partial charge >= 0.3 is 17.9 Å². The smallest absolute Gasteiger partial charge is 0.335 e. The minimum Gasteiger partial charge on any atom is -0.478 e. The monoisotopic (exact) mass is 530 g/mol. The van der Waals surface area contributed by atoms with Crippen molar-refractivity contribution in [3.63, 3.8) is 0 Å². The number of aliphatic hydroxyl groups excluding tert-OH is 4. The number of hydrogen-bond acceptors (Lipinski definition) is 8. The molecule has 0 fully saturated rings. The van der Waals surface area contributed by atoms with Gasteiger partial charge in [0, 0.05) is 5.41 Å². The summed E-state index contributed by atoms with van der Waals surface area (Å²) in [6, 6.07) is 5.20. The molecule has 0 aromatic heterocycles. The number of carbonyl (C=O) groups excluding carboxylic acids is 1. The SMILES string of the molecule is CC(C)(CO)CO.CCCCC(CC)C(=O)OCC(CC)(CO)CO.O=C(O)c1cccc(C(=O)O)c1. The van der Waals surface area contributed by atoms with Crippen molar-refractivity contribution in [2.24, 2.45) is 16.7 Å². The Morgan fingerprint density at radius 1 is 0.865 bits per heavy atom. The summed E-state index contributed by atoms with van der Waals surface area (Å²) in [5.41, 5.74) is -1.04. The summed E-state index contributed by atoms with van der Waals surface area (Å²) in [5.74, 6) is -2.52. The van der Waals surface area contributed by atoms with Gasteiger partial charge in [0.05, 0.1) is 48.9 Å². The van der Waals surface area contributed by atoms with Crippen molar-refractivity contribution in [3.05, 3.63) is 35.4 Å². The number of benzene rings is 1. The zero-order valence-corrected chi connectivity index (χ0v) is 22.8. The maximum absolute atomic E-state index is 11.9. The van der Waals surface area contributed by atoms with Crippen molar-refractivity contribution in [1.29, 1.82) is 0 Å². The van der Waals surface area contributed by atoms with Crippen molar-refractivity contribution in [2.45, 2.75) is 66.7 Å². The van der Waals surface area contributed by atoms with Crippen LogP contribution in [0.15, 0.2) is 24.3 Å². The van der Waals surface area contributed by atoms with Gasteiger partial charge in [-0.2, -0.15) is 0 Å². The average molecular weight is 531 g/mol. The Bertz CT molecular complexity index is 744. The lowest BCUT2D eigenvalue weighted by Crippen LogP contribution is -2.36. The van der Waals surface area contributed by atoms with Crippen LogP contribution in [0.5, 0.6) is 0 Å². The van der Waals surface area contributed by atoms with E-state index in [0.29, 0.717) is 6.42 Å². The molecule has 214 valence electrons. The molecule has 0 amide bonds. The molecule has 37 heavy (non-hydrogen) atoms. The third kappa shape index (κ3) is 15.3. The number of ether oxygens (including phenoxy) is 1. The van der Waals surface area contributed by atoms with E-state index in [-0.39, 0.29) is 61.5 Å². The molecular formula is C27H46O10. The van der Waals surface area contributed by atoms with Crippen molar-refractivity contribution >= 4 is 17.9 Å². The van der Waals surface area contributed by atoms with Gasteiger partial charge in [0.1, 0.15) is 6.61 Å². The van der Waals surface area contributed by atoms with Crippen LogP contribution >= 0.6 is 0 Å². The molecule has 0 heterocycles. The lowest BCUT2D eigenvalue weighted by molar-refractivity contribution is -0.155. The lowest BCUT2D eigenvalue weighted by atomic mass is 9.88. The van der Waals surface area contributed by atoms with Gasteiger partial charge < -0.3 is 35.4 Å². The summed E-state index contributed by atoms with van der Waals surface area (Å²) in [6.07, 6.45) is 4.29. The second-order valence-electron chi connectivity index (χ2n) is 9.70. The first kappa shape index (κ1) is 36.6. The molecular weight excluding hydrogens is 484 g/mol. The van der Waals surface area contributed by atoms with Crippen LogP contribution in [0.25, 0.3) is 0 Å². The predicted octanol–water partition coefficient (Wildman–Crippen LogP) is 3.21. The Morgan fingerprint density at radius 3 is 1.65 bits per heavy atom. The first-order chi connectivity index (χ1) is 17.3. The Labute approximate surface area is 219 Å². The molecule has 1 unspecified atom stereocenters. The minimum absolute atomic E-state index is 0.0186. The molecule has 0 spiro atoms. The number of aliphatic hydroxyl groups is 4. The second kappa shape index (κ2) is 19.6. The van der Waals surface area contributed by atoms with E-state index in [2.05, 4.69) is 6.92 Å². The summed E-state index contributed by atoms with van der Waals surface area (Å²) in [7, 11) is 0. The highest BCUT2D eigenvalue weighted by atomic mass is 16.5. The molecule has 6 N–H and O–H groups in total. The van der Waals surface area contributed by atoms with Crippen molar-refractivity contribution in [3.8, 4) is 0 Å². The van der Waals surface area contributed by atoms with Crippen LogP contribution in [-0.4, -0.2) is 81.6 Å². The minimum atomic E-state index is -1.13. The highest BCUT2D eigenvalue weighted by molar-refractivity contribution is 5.93. The molecule has 0 bridgehead atoms. The third-order valence-electron chi connectivity index (χ3n) is 5.89. The Morgan fingerprint density at radius 2 is 1.35 bits per heavy atom. The van der Waals surface area contributed by atoms with E-state index in [1.807, 2.05) is 13.8 Å². The first-order valence-corrected chi connectivity index (χ1v) is 12.5. The summed E-state index contributed by atoms with van der Waals surface area (Å²) in [5, 5.41) is 52.4. The van der Waals surface area contributed by atoms with E-state index in [1.165, 1.54) is 18.2 Å². The fourth-order valence-corrected chi connectivity index (χ4v) is 2.58. The second-order valence-corrected chi connectivity index (χ2v) is 9.70. The van der Waals surface area contributed by atoms with Gasteiger partial charge in [-0.15, -0.1) is 0 Å². The van der Waals surface area contributed by atoms with E-state index in [4.69, 9.17) is 25.2 Å². The fourth-order valence-electron chi connectivity index (χ4n) is 2.58. The van der Waals surface area contributed by atoms with Crippen molar-refractivity contribution in [1.82, 2.24) is 0 Å². The maximum atomic E-state index is 11.9. The summed E-state index contributed by atoms with van der Waals surface area (Å²) in [6.45, 7) is 9.39. The van der Waals surface area contributed by atoms with Gasteiger partial charge in [-0.05, 0) is 37.5 Å². The van der Waals surface area contributed by atoms with E-state index in [1.54, 1.807) is 13.8 Å². The maximum Gasteiger partial charge on any atom is 0.335 e. The van der Waals surface area contributed by atoms with Gasteiger partial charge in [-0.1, -0.05) is 53.5 Å². The van der Waals surface area contributed by atoms with Gasteiger partial charge in [0.25, 0.3) is 0 Å². The van der Waals surface area contributed by atoms with Crippen LogP contribution in [0.3, 0.4) is 0 Å². The number of carboxylic acids is 2. The van der Waals surface area contributed by atoms with Gasteiger partial charge in [-0.25, -0.2) is 9.59 Å². The zero-order valence-electron chi connectivity index (χ0n) is 22.8. The highest BCUT2D eigenvalue weighted by Crippen LogP contribution is 2.22. The van der Waals surface area contributed by atoms with E-state index < -0.39 is 17.4 Å². The highest BCUT2D eigenvalue weighted by Gasteiger charge is 2.30. The number of hydrogen-bond donors (Lipinski definition) is 6. The summed E-state index contributed by atoms with van der Waals surface area (Å²) >= 11 is 0. The fraction of sp³-hybridized carbons (Fsp3) is 0.667. The third-order valence-corrected chi connectivity index (χ3v) is 5.89. The largest absolute Gasteiger partial charge is 0.478 e. The number of esters is 1. The van der Waals surface area contributed by atoms with E-state index in [9.17, 15) is 24.6 Å². The number of unbranched alkanes of at least 4 members (excludes halogenated alkanes) is 1. The van der Waals surface area contributed by atoms with Gasteiger partial charge in [0.2, 0.25) is 0 Å². The Kier molecular flexibility index (Phi) is 19.4. The zero-order chi connectivity index (χ0) is 29.1. The molecule has 0 aliphatic rings. The molecule has 0 radical (unpaired) electrons. The molecule has 1 atom stereocenters. The van der Waals surface area contributed by atoms with Crippen LogP contribution in [0, 0.1) is 16.7 Å². The topological polar surface area (TPSA) is 182 Å². The molecule has 0 aliphatic heterocycles. The molecule has 1 aromatic carbocycles. The number of carboxylic acid groups (broad SMARTS) is 2. The van der Waals surface area contributed by atoms with E-state index in [0.717, 1.165) is 31.7 Å². The van der Waals surface area contributed by atoms with Crippen LogP contribution in [-0.2, 0) is 9.53 Å². The van der Waals surface area contributed by atoms with Crippen LogP contribution in [0.4, 0.5) is 0 Å². The number of rotatable bonds is 14. The molecule has 0 aliphatic carbocycles. The number of carbonyl (C=O) groups is 3.